The van der Waals surface area contributed by atoms with Crippen LogP contribution in [0.25, 0.3) is 6.08 Å². The Morgan fingerprint density at radius 1 is 1.15 bits per heavy atom. The van der Waals surface area contributed by atoms with Crippen molar-refractivity contribution in [3.8, 4) is 23.0 Å². The summed E-state index contributed by atoms with van der Waals surface area (Å²) in [5, 5.41) is 8.36. The normalized spacial score (nSPS) is 19.1. The van der Waals surface area contributed by atoms with Gasteiger partial charge in [0.05, 0.1) is 11.5 Å². The first-order valence-corrected chi connectivity index (χ1v) is 14.2. The number of carboxylic acid groups (broad SMARTS) is 1. The maximum atomic E-state index is 12.5. The predicted molar refractivity (Wildman–Crippen MR) is 157 cm³/mol. The number of benzene rings is 2. The Kier molecular flexibility index (Phi) is 9.01. The van der Waals surface area contributed by atoms with Gasteiger partial charge in [0.2, 0.25) is 0 Å². The number of rotatable bonds is 11. The molecule has 1 atom stereocenters. The Balaban J connectivity index is 1.52. The molecule has 2 aliphatic heterocycles. The Morgan fingerprint density at radius 3 is 2.59 bits per heavy atom. The fourth-order valence-electron chi connectivity index (χ4n) is 4.90. The van der Waals surface area contributed by atoms with E-state index >= 15 is 0 Å². The number of aliphatic carboxylic acids is 1. The monoisotopic (exact) mass is 581 g/mol. The predicted octanol–water partition coefficient (Wildman–Crippen LogP) is 5.86. The van der Waals surface area contributed by atoms with E-state index in [9.17, 15) is 14.4 Å². The van der Waals surface area contributed by atoms with Crippen LogP contribution >= 0.6 is 11.8 Å². The average Bonchev–Trinajstić information content (AvgIpc) is 3.18. The number of carboxylic acids is 1. The molecule has 9 nitrogen and oxygen atoms in total. The average molecular weight is 582 g/mol. The van der Waals surface area contributed by atoms with Gasteiger partial charge in [0.1, 0.15) is 36.9 Å². The van der Waals surface area contributed by atoms with E-state index < -0.39 is 29.3 Å². The standard InChI is InChI=1S/C31H35NO8S/c1-7-13-38-27-18(3)19(4)28-22(20(27)5)11-12-31(6,40-28)17-39-23-10-9-21(14-24(23)37-8-2)15-25-29(35)32(16-26(33)34)30(36)41-25/h7,9-10,14-15H,1,8,11-13,16-17H2,2-6H3,(H,33,34)/b25-15-. The zero-order valence-electron chi connectivity index (χ0n) is 24.0. The molecule has 1 unspecified atom stereocenters. The highest BCUT2D eigenvalue weighted by atomic mass is 32.2. The molecule has 2 aromatic carbocycles. The summed E-state index contributed by atoms with van der Waals surface area (Å²) in [6.07, 6.45) is 4.85. The SMILES string of the molecule is C=CCOc1c(C)c(C)c2c(c1C)CCC(C)(COc1ccc(/C=C3\SC(=O)N(CC(=O)O)C3=O)cc1OCC)O2. The van der Waals surface area contributed by atoms with Gasteiger partial charge in [-0.2, -0.15) is 0 Å². The molecular weight excluding hydrogens is 546 g/mol. The molecule has 2 amide bonds. The molecule has 218 valence electrons. The zero-order chi connectivity index (χ0) is 29.9. The highest BCUT2D eigenvalue weighted by Crippen LogP contribution is 2.44. The third-order valence-electron chi connectivity index (χ3n) is 7.17. The van der Waals surface area contributed by atoms with Gasteiger partial charge in [0.15, 0.2) is 11.5 Å². The lowest BCUT2D eigenvalue weighted by Crippen LogP contribution is -2.42. The fraction of sp³-hybridized carbons (Fsp3) is 0.387. The lowest BCUT2D eigenvalue weighted by molar-refractivity contribution is -0.140. The number of carbonyl (C=O) groups excluding carboxylic acids is 2. The van der Waals surface area contributed by atoms with Gasteiger partial charge in [-0.25, -0.2) is 0 Å². The molecule has 0 aromatic heterocycles. The molecule has 0 spiro atoms. The molecule has 0 aliphatic carbocycles. The second-order valence-corrected chi connectivity index (χ2v) is 11.2. The summed E-state index contributed by atoms with van der Waals surface area (Å²) in [6.45, 7) is 14.2. The molecule has 41 heavy (non-hydrogen) atoms. The van der Waals surface area contributed by atoms with E-state index in [0.29, 0.717) is 46.9 Å². The highest BCUT2D eigenvalue weighted by Gasteiger charge is 2.37. The number of amides is 2. The highest BCUT2D eigenvalue weighted by molar-refractivity contribution is 8.18. The van der Waals surface area contributed by atoms with Gasteiger partial charge in [0, 0.05) is 5.56 Å². The van der Waals surface area contributed by atoms with E-state index in [1.165, 1.54) is 0 Å². The van der Waals surface area contributed by atoms with Crippen molar-refractivity contribution in [3.63, 3.8) is 0 Å². The quantitative estimate of drug-likeness (QED) is 0.258. The molecule has 2 aromatic rings. The third kappa shape index (κ3) is 6.37. The van der Waals surface area contributed by atoms with Gasteiger partial charge in [0.25, 0.3) is 11.1 Å². The molecule has 1 fully saturated rings. The molecule has 0 radical (unpaired) electrons. The summed E-state index contributed by atoms with van der Waals surface area (Å²) >= 11 is 0.707. The van der Waals surface area contributed by atoms with Crippen molar-refractivity contribution in [1.29, 1.82) is 0 Å². The Bertz CT molecular complexity index is 1430. The van der Waals surface area contributed by atoms with E-state index in [4.69, 9.17) is 24.1 Å². The molecule has 0 bridgehead atoms. The number of ether oxygens (including phenoxy) is 4. The van der Waals surface area contributed by atoms with Gasteiger partial charge >= 0.3 is 5.97 Å². The van der Waals surface area contributed by atoms with Crippen molar-refractivity contribution in [3.05, 3.63) is 63.6 Å². The van der Waals surface area contributed by atoms with Gasteiger partial charge in [-0.05, 0) is 99.7 Å². The van der Waals surface area contributed by atoms with E-state index in [1.54, 1.807) is 30.4 Å². The Hall–Kier alpha value is -3.92. The number of hydrogen-bond acceptors (Lipinski definition) is 8. The summed E-state index contributed by atoms with van der Waals surface area (Å²) in [5.41, 5.74) is 4.36. The van der Waals surface area contributed by atoms with E-state index in [2.05, 4.69) is 13.5 Å². The number of hydrogen-bond donors (Lipinski definition) is 1. The van der Waals surface area contributed by atoms with Crippen molar-refractivity contribution in [2.45, 2.75) is 53.1 Å². The number of fused-ring (bicyclic) bond motifs is 1. The summed E-state index contributed by atoms with van der Waals surface area (Å²) < 4.78 is 24.6. The van der Waals surface area contributed by atoms with Crippen LogP contribution in [0.2, 0.25) is 0 Å². The van der Waals surface area contributed by atoms with Crippen molar-refractivity contribution < 1.29 is 38.4 Å². The van der Waals surface area contributed by atoms with Gasteiger partial charge in [-0.1, -0.05) is 18.7 Å². The van der Waals surface area contributed by atoms with Gasteiger partial charge in [-0.3, -0.25) is 19.3 Å². The Morgan fingerprint density at radius 2 is 1.90 bits per heavy atom. The minimum Gasteiger partial charge on any atom is -0.490 e. The number of imide groups is 1. The van der Waals surface area contributed by atoms with Crippen molar-refractivity contribution in [2.24, 2.45) is 0 Å². The summed E-state index contributed by atoms with van der Waals surface area (Å²) in [4.78, 5) is 36.5. The summed E-state index contributed by atoms with van der Waals surface area (Å²) in [7, 11) is 0. The van der Waals surface area contributed by atoms with Crippen LogP contribution in [0.4, 0.5) is 4.79 Å². The summed E-state index contributed by atoms with van der Waals surface area (Å²) in [6, 6.07) is 5.23. The van der Waals surface area contributed by atoms with Crippen LogP contribution in [0.3, 0.4) is 0 Å². The van der Waals surface area contributed by atoms with E-state index in [0.717, 1.165) is 46.6 Å². The van der Waals surface area contributed by atoms with Crippen LogP contribution in [-0.4, -0.2) is 59.1 Å². The maximum absolute atomic E-state index is 12.5. The van der Waals surface area contributed by atoms with E-state index in [-0.39, 0.29) is 11.5 Å². The lowest BCUT2D eigenvalue weighted by atomic mass is 9.87. The van der Waals surface area contributed by atoms with Crippen molar-refractivity contribution in [2.75, 3.05) is 26.4 Å². The minimum absolute atomic E-state index is 0.146. The van der Waals surface area contributed by atoms with Gasteiger partial charge < -0.3 is 24.1 Å². The largest absolute Gasteiger partial charge is 0.490 e. The first-order valence-electron chi connectivity index (χ1n) is 13.4. The minimum atomic E-state index is -1.25. The number of nitrogens with zero attached hydrogens (tertiary/aromatic N) is 1. The smallest absolute Gasteiger partial charge is 0.323 e. The lowest BCUT2D eigenvalue weighted by Gasteiger charge is -2.38. The van der Waals surface area contributed by atoms with Gasteiger partial charge in [-0.15, -0.1) is 0 Å². The Labute approximate surface area is 244 Å². The molecule has 2 aliphatic rings. The molecule has 0 saturated carbocycles. The fourth-order valence-corrected chi connectivity index (χ4v) is 5.74. The van der Waals surface area contributed by atoms with Crippen molar-refractivity contribution >= 4 is 35.0 Å². The third-order valence-corrected chi connectivity index (χ3v) is 8.08. The molecule has 1 saturated heterocycles. The molecule has 10 heteroatoms. The first-order chi connectivity index (χ1) is 19.5. The van der Waals surface area contributed by atoms with Crippen LogP contribution in [0.15, 0.2) is 35.8 Å². The molecular formula is C31H35NO8S. The van der Waals surface area contributed by atoms with Crippen LogP contribution in [0, 0.1) is 20.8 Å². The second-order valence-electron chi connectivity index (χ2n) is 10.3. The first kappa shape index (κ1) is 30.0. The topological polar surface area (TPSA) is 112 Å². The number of carbonyl (C=O) groups is 3. The maximum Gasteiger partial charge on any atom is 0.323 e. The molecule has 4 rings (SSSR count). The van der Waals surface area contributed by atoms with Crippen LogP contribution in [0.1, 0.15) is 48.1 Å². The van der Waals surface area contributed by atoms with Crippen LogP contribution in [0.5, 0.6) is 23.0 Å². The summed E-state index contributed by atoms with van der Waals surface area (Å²) in [5.74, 6) is 0.880. The molecule has 1 N–H and O–H groups in total. The van der Waals surface area contributed by atoms with Crippen LogP contribution < -0.4 is 18.9 Å². The second kappa shape index (κ2) is 12.3. The van der Waals surface area contributed by atoms with E-state index in [1.807, 2.05) is 27.7 Å². The van der Waals surface area contributed by atoms with Crippen molar-refractivity contribution in [1.82, 2.24) is 4.90 Å². The molecule has 2 heterocycles. The van der Waals surface area contributed by atoms with Crippen LogP contribution in [-0.2, 0) is 16.0 Å². The zero-order valence-corrected chi connectivity index (χ0v) is 24.8. The number of thioether (sulfide) groups is 1.